The lowest BCUT2D eigenvalue weighted by atomic mass is 9.94. The van der Waals surface area contributed by atoms with Crippen LogP contribution in [0.15, 0.2) is 41.0 Å². The second-order valence-electron chi connectivity index (χ2n) is 5.74. The molecule has 0 N–H and O–H groups in total. The normalized spacial score (nSPS) is 13.7. The molecule has 0 bridgehead atoms. The summed E-state index contributed by atoms with van der Waals surface area (Å²) in [4.78, 5) is 0. The van der Waals surface area contributed by atoms with Gasteiger partial charge in [0.25, 0.3) is 0 Å². The molecule has 0 spiro atoms. The third-order valence-electron chi connectivity index (χ3n) is 3.59. The molecule has 2 rings (SSSR count). The van der Waals surface area contributed by atoms with Crippen LogP contribution in [0.25, 0.3) is 0 Å². The maximum absolute atomic E-state index is 12.5. The van der Waals surface area contributed by atoms with Gasteiger partial charge in [-0.25, -0.2) is 0 Å². The van der Waals surface area contributed by atoms with Crippen molar-refractivity contribution in [3.05, 3.63) is 59.0 Å². The molecule has 0 amide bonds. The van der Waals surface area contributed by atoms with Gasteiger partial charge >= 0.3 is 6.18 Å². The van der Waals surface area contributed by atoms with Gasteiger partial charge in [-0.3, -0.25) is 0 Å². The van der Waals surface area contributed by atoms with Crippen LogP contribution in [-0.2, 0) is 12.6 Å². The van der Waals surface area contributed by atoms with Gasteiger partial charge in [-0.1, -0.05) is 32.9 Å². The van der Waals surface area contributed by atoms with Crippen molar-refractivity contribution < 1.29 is 17.6 Å². The fraction of sp³-hybridized carbons (Fsp3) is 0.412. The van der Waals surface area contributed by atoms with Gasteiger partial charge < -0.3 is 4.42 Å². The number of benzene rings is 1. The molecule has 21 heavy (non-hydrogen) atoms. The molecule has 4 heteroatoms. The summed E-state index contributed by atoms with van der Waals surface area (Å²) in [5.41, 5.74) is 1.37. The average Bonchev–Trinajstić information content (AvgIpc) is 2.86. The molecule has 1 atom stereocenters. The van der Waals surface area contributed by atoms with Crippen molar-refractivity contribution in [1.29, 1.82) is 0 Å². The SMILES string of the molecule is CC(C)c1cc(CC(C)c2ccc(C(F)(F)F)cc2)co1. The molecular formula is C17H19F3O. The average molecular weight is 296 g/mol. The maximum Gasteiger partial charge on any atom is 0.416 e. The van der Waals surface area contributed by atoms with Gasteiger partial charge in [0.1, 0.15) is 5.76 Å². The standard InChI is InChI=1S/C17H19F3O/c1-11(2)16-9-13(10-21-16)8-12(3)14-4-6-15(7-5-14)17(18,19)20/h4-7,9-12H,8H2,1-3H3. The van der Waals surface area contributed by atoms with Gasteiger partial charge in [0.15, 0.2) is 0 Å². The lowest BCUT2D eigenvalue weighted by Gasteiger charge is -2.12. The first-order valence-electron chi connectivity index (χ1n) is 7.02. The Balaban J connectivity index is 2.07. The monoisotopic (exact) mass is 296 g/mol. The van der Waals surface area contributed by atoms with E-state index in [1.54, 1.807) is 18.4 Å². The summed E-state index contributed by atoms with van der Waals surface area (Å²) < 4.78 is 43.1. The van der Waals surface area contributed by atoms with E-state index in [2.05, 4.69) is 13.8 Å². The Hall–Kier alpha value is -1.71. The number of hydrogen-bond donors (Lipinski definition) is 0. The van der Waals surface area contributed by atoms with Crippen molar-refractivity contribution >= 4 is 0 Å². The van der Waals surface area contributed by atoms with E-state index in [4.69, 9.17) is 4.42 Å². The van der Waals surface area contributed by atoms with Crippen LogP contribution in [0.5, 0.6) is 0 Å². The number of furan rings is 1. The van der Waals surface area contributed by atoms with E-state index < -0.39 is 11.7 Å². The quantitative estimate of drug-likeness (QED) is 0.698. The molecule has 1 aromatic heterocycles. The van der Waals surface area contributed by atoms with Crippen LogP contribution < -0.4 is 0 Å². The third kappa shape index (κ3) is 3.90. The van der Waals surface area contributed by atoms with Crippen LogP contribution in [0.2, 0.25) is 0 Å². The molecule has 1 unspecified atom stereocenters. The summed E-state index contributed by atoms with van der Waals surface area (Å²) >= 11 is 0. The molecule has 2 aromatic rings. The highest BCUT2D eigenvalue weighted by Crippen LogP contribution is 2.31. The highest BCUT2D eigenvalue weighted by molar-refractivity contribution is 5.28. The van der Waals surface area contributed by atoms with Crippen molar-refractivity contribution in [2.45, 2.75) is 45.2 Å². The summed E-state index contributed by atoms with van der Waals surface area (Å²) in [7, 11) is 0. The molecule has 0 saturated heterocycles. The van der Waals surface area contributed by atoms with Crippen molar-refractivity contribution in [3.63, 3.8) is 0 Å². The smallest absolute Gasteiger partial charge is 0.416 e. The molecule has 114 valence electrons. The fourth-order valence-electron chi connectivity index (χ4n) is 2.28. The molecule has 0 aliphatic heterocycles. The molecule has 0 saturated carbocycles. The molecule has 1 aromatic carbocycles. The lowest BCUT2D eigenvalue weighted by Crippen LogP contribution is -2.05. The summed E-state index contributed by atoms with van der Waals surface area (Å²) in [6, 6.07) is 7.40. The van der Waals surface area contributed by atoms with Gasteiger partial charge in [-0.05, 0) is 41.7 Å². The van der Waals surface area contributed by atoms with Crippen molar-refractivity contribution in [2.24, 2.45) is 0 Å². The fourth-order valence-corrected chi connectivity index (χ4v) is 2.28. The molecule has 0 fully saturated rings. The number of rotatable bonds is 4. The molecular weight excluding hydrogens is 277 g/mol. The maximum atomic E-state index is 12.5. The van der Waals surface area contributed by atoms with E-state index in [9.17, 15) is 13.2 Å². The van der Waals surface area contributed by atoms with E-state index in [-0.39, 0.29) is 5.92 Å². The Morgan fingerprint density at radius 1 is 1.05 bits per heavy atom. The van der Waals surface area contributed by atoms with Crippen LogP contribution in [-0.4, -0.2) is 0 Å². The van der Waals surface area contributed by atoms with E-state index in [0.29, 0.717) is 5.92 Å². The minimum absolute atomic E-state index is 0.143. The topological polar surface area (TPSA) is 13.1 Å². The van der Waals surface area contributed by atoms with Gasteiger partial charge in [0.05, 0.1) is 11.8 Å². The van der Waals surface area contributed by atoms with Crippen molar-refractivity contribution in [3.8, 4) is 0 Å². The van der Waals surface area contributed by atoms with Crippen LogP contribution in [0.1, 0.15) is 55.1 Å². The molecule has 1 nitrogen and oxygen atoms in total. The van der Waals surface area contributed by atoms with E-state index in [1.165, 1.54) is 0 Å². The predicted molar refractivity (Wildman–Crippen MR) is 76.4 cm³/mol. The second kappa shape index (κ2) is 5.96. The van der Waals surface area contributed by atoms with Crippen molar-refractivity contribution in [2.75, 3.05) is 0 Å². The highest BCUT2D eigenvalue weighted by Gasteiger charge is 2.30. The number of hydrogen-bond acceptors (Lipinski definition) is 1. The Morgan fingerprint density at radius 2 is 1.67 bits per heavy atom. The highest BCUT2D eigenvalue weighted by atomic mass is 19.4. The van der Waals surface area contributed by atoms with E-state index >= 15 is 0 Å². The first kappa shape index (κ1) is 15.7. The molecule has 0 aliphatic rings. The van der Waals surface area contributed by atoms with Gasteiger partial charge in [0.2, 0.25) is 0 Å². The largest absolute Gasteiger partial charge is 0.469 e. The molecule has 0 aliphatic carbocycles. The Labute approximate surface area is 122 Å². The van der Waals surface area contributed by atoms with E-state index in [0.717, 1.165) is 35.4 Å². The predicted octanol–water partition coefficient (Wildman–Crippen LogP) is 5.77. The van der Waals surface area contributed by atoms with Crippen LogP contribution in [0.4, 0.5) is 13.2 Å². The zero-order valence-corrected chi connectivity index (χ0v) is 12.4. The van der Waals surface area contributed by atoms with Crippen LogP contribution in [0, 0.1) is 0 Å². The second-order valence-corrected chi connectivity index (χ2v) is 5.74. The Bertz CT molecular complexity index is 579. The van der Waals surface area contributed by atoms with Crippen molar-refractivity contribution in [1.82, 2.24) is 0 Å². The molecule has 1 heterocycles. The van der Waals surface area contributed by atoms with Crippen LogP contribution >= 0.6 is 0 Å². The zero-order valence-electron chi connectivity index (χ0n) is 12.4. The van der Waals surface area contributed by atoms with Crippen LogP contribution in [0.3, 0.4) is 0 Å². The lowest BCUT2D eigenvalue weighted by molar-refractivity contribution is -0.137. The number of alkyl halides is 3. The minimum Gasteiger partial charge on any atom is -0.469 e. The van der Waals surface area contributed by atoms with Gasteiger partial charge in [-0.15, -0.1) is 0 Å². The number of halogens is 3. The third-order valence-corrected chi connectivity index (χ3v) is 3.59. The van der Waals surface area contributed by atoms with Gasteiger partial charge in [-0.2, -0.15) is 13.2 Å². The minimum atomic E-state index is -4.28. The summed E-state index contributed by atoms with van der Waals surface area (Å²) in [6.07, 6.45) is -1.80. The summed E-state index contributed by atoms with van der Waals surface area (Å²) in [5, 5.41) is 0. The molecule has 0 radical (unpaired) electrons. The summed E-state index contributed by atoms with van der Waals surface area (Å²) in [5.74, 6) is 1.41. The van der Waals surface area contributed by atoms with Gasteiger partial charge in [0, 0.05) is 5.92 Å². The summed E-state index contributed by atoms with van der Waals surface area (Å²) in [6.45, 7) is 6.12. The Kier molecular flexibility index (Phi) is 4.45. The Morgan fingerprint density at radius 3 is 2.14 bits per heavy atom. The van der Waals surface area contributed by atoms with E-state index in [1.807, 2.05) is 13.0 Å². The first-order chi connectivity index (χ1) is 9.77. The first-order valence-corrected chi connectivity index (χ1v) is 7.02. The zero-order chi connectivity index (χ0) is 15.6.